The third-order valence-corrected chi connectivity index (χ3v) is 5.84. The molecule has 1 fully saturated rings. The molecule has 6 nitrogen and oxygen atoms in total. The van der Waals surface area contributed by atoms with Gasteiger partial charge in [-0.1, -0.05) is 36.4 Å². The molecule has 0 radical (unpaired) electrons. The number of thioether (sulfide) groups is 1. The molecular weight excluding hydrogens is 431 g/mol. The van der Waals surface area contributed by atoms with Crippen molar-refractivity contribution in [1.29, 1.82) is 0 Å². The molecule has 0 bridgehead atoms. The second-order valence-electron chi connectivity index (χ2n) is 7.63. The number of carbonyl (C=O) groups is 3. The second-order valence-corrected chi connectivity index (χ2v) is 8.62. The Balaban J connectivity index is 1.64. The van der Waals surface area contributed by atoms with Gasteiger partial charge in [0.05, 0.1) is 17.6 Å². The highest BCUT2D eigenvalue weighted by molar-refractivity contribution is 8.18. The van der Waals surface area contributed by atoms with Crippen LogP contribution in [-0.2, 0) is 20.9 Å². The number of amides is 2. The summed E-state index contributed by atoms with van der Waals surface area (Å²) in [5, 5.41) is 0.354. The van der Waals surface area contributed by atoms with Gasteiger partial charge in [0.25, 0.3) is 11.1 Å². The Morgan fingerprint density at radius 3 is 2.59 bits per heavy atom. The number of halogens is 1. The molecule has 0 unspecified atom stereocenters. The van der Waals surface area contributed by atoms with Gasteiger partial charge in [0.1, 0.15) is 12.4 Å². The molecule has 32 heavy (non-hydrogen) atoms. The van der Waals surface area contributed by atoms with Gasteiger partial charge in [0.2, 0.25) is 0 Å². The number of aromatic nitrogens is 1. The third kappa shape index (κ3) is 4.45. The van der Waals surface area contributed by atoms with E-state index in [1.54, 1.807) is 38.1 Å². The van der Waals surface area contributed by atoms with E-state index in [0.717, 1.165) is 33.1 Å². The first-order chi connectivity index (χ1) is 15.3. The van der Waals surface area contributed by atoms with Crippen LogP contribution in [0, 0.1) is 5.82 Å². The zero-order chi connectivity index (χ0) is 22.8. The quantitative estimate of drug-likeness (QED) is 0.396. The van der Waals surface area contributed by atoms with Crippen molar-refractivity contribution in [1.82, 2.24) is 9.47 Å². The predicted molar refractivity (Wildman–Crippen MR) is 121 cm³/mol. The molecule has 0 atom stereocenters. The minimum absolute atomic E-state index is 0.223. The first kappa shape index (κ1) is 21.8. The highest BCUT2D eigenvalue weighted by Crippen LogP contribution is 2.34. The normalized spacial score (nSPS) is 15.4. The van der Waals surface area contributed by atoms with E-state index in [0.29, 0.717) is 12.1 Å². The van der Waals surface area contributed by atoms with Gasteiger partial charge < -0.3 is 9.30 Å². The molecule has 164 valence electrons. The summed E-state index contributed by atoms with van der Waals surface area (Å²) in [5.41, 5.74) is 2.15. The predicted octanol–water partition coefficient (Wildman–Crippen LogP) is 4.82. The fraction of sp³-hybridized carbons (Fsp3) is 0.208. The summed E-state index contributed by atoms with van der Waals surface area (Å²) in [7, 11) is 0. The Bertz CT molecular complexity index is 1250. The number of ether oxygens (including phenoxy) is 1. The van der Waals surface area contributed by atoms with Crippen LogP contribution in [-0.4, -0.2) is 39.2 Å². The van der Waals surface area contributed by atoms with Gasteiger partial charge in [0.15, 0.2) is 0 Å². The van der Waals surface area contributed by atoms with E-state index < -0.39 is 23.7 Å². The van der Waals surface area contributed by atoms with E-state index in [2.05, 4.69) is 0 Å². The molecule has 2 amide bonds. The summed E-state index contributed by atoms with van der Waals surface area (Å²) in [6.45, 7) is 3.30. The van der Waals surface area contributed by atoms with E-state index in [4.69, 9.17) is 4.74 Å². The van der Waals surface area contributed by atoms with E-state index in [1.807, 2.05) is 35.0 Å². The highest BCUT2D eigenvalue weighted by Gasteiger charge is 2.37. The summed E-state index contributed by atoms with van der Waals surface area (Å²) >= 11 is 0.783. The van der Waals surface area contributed by atoms with E-state index in [1.165, 1.54) is 6.07 Å². The number of para-hydroxylation sites is 1. The second kappa shape index (κ2) is 9.00. The maximum Gasteiger partial charge on any atom is 0.326 e. The lowest BCUT2D eigenvalue weighted by atomic mass is 10.1. The van der Waals surface area contributed by atoms with Crippen LogP contribution in [0.5, 0.6) is 0 Å². The van der Waals surface area contributed by atoms with E-state index >= 15 is 0 Å². The number of hydrogen-bond donors (Lipinski definition) is 0. The summed E-state index contributed by atoms with van der Waals surface area (Å²) in [6.07, 6.45) is 3.13. The van der Waals surface area contributed by atoms with Crippen LogP contribution in [0.15, 0.2) is 59.6 Å². The van der Waals surface area contributed by atoms with Crippen molar-refractivity contribution in [3.63, 3.8) is 0 Å². The zero-order valence-electron chi connectivity index (χ0n) is 17.6. The Kier molecular flexibility index (Phi) is 6.14. The van der Waals surface area contributed by atoms with Gasteiger partial charge in [-0.15, -0.1) is 0 Å². The minimum Gasteiger partial charge on any atom is -0.462 e. The summed E-state index contributed by atoms with van der Waals surface area (Å²) < 4.78 is 21.1. The monoisotopic (exact) mass is 452 g/mol. The van der Waals surface area contributed by atoms with Crippen molar-refractivity contribution < 1.29 is 23.5 Å². The lowest BCUT2D eigenvalue weighted by Gasteiger charge is -2.13. The third-order valence-electron chi connectivity index (χ3n) is 4.93. The Morgan fingerprint density at radius 1 is 1.12 bits per heavy atom. The van der Waals surface area contributed by atoms with Gasteiger partial charge in [-0.2, -0.15) is 0 Å². The number of esters is 1. The van der Waals surface area contributed by atoms with Crippen molar-refractivity contribution >= 4 is 45.9 Å². The van der Waals surface area contributed by atoms with Gasteiger partial charge in [0, 0.05) is 28.2 Å². The Labute approximate surface area is 188 Å². The van der Waals surface area contributed by atoms with E-state index in [-0.39, 0.29) is 16.8 Å². The molecule has 1 aliphatic heterocycles. The molecule has 8 heteroatoms. The average Bonchev–Trinajstić information content (AvgIpc) is 3.22. The number of benzene rings is 2. The fourth-order valence-electron chi connectivity index (χ4n) is 3.54. The number of rotatable bonds is 6. The van der Waals surface area contributed by atoms with Crippen molar-refractivity contribution in [3.05, 3.63) is 76.6 Å². The van der Waals surface area contributed by atoms with Gasteiger partial charge in [-0.05, 0) is 43.8 Å². The van der Waals surface area contributed by atoms with Crippen LogP contribution < -0.4 is 0 Å². The summed E-state index contributed by atoms with van der Waals surface area (Å²) in [6, 6.07) is 14.2. The molecule has 1 saturated heterocycles. The first-order valence-electron chi connectivity index (χ1n) is 10.1. The van der Waals surface area contributed by atoms with Crippen molar-refractivity contribution in [2.45, 2.75) is 26.5 Å². The number of nitrogens with zero attached hydrogens (tertiary/aromatic N) is 2. The van der Waals surface area contributed by atoms with Crippen LogP contribution in [0.2, 0.25) is 0 Å². The molecule has 2 heterocycles. The fourth-order valence-corrected chi connectivity index (χ4v) is 4.37. The van der Waals surface area contributed by atoms with Gasteiger partial charge >= 0.3 is 5.97 Å². The molecule has 1 aliphatic rings. The number of fused-ring (bicyclic) bond motifs is 1. The van der Waals surface area contributed by atoms with Crippen molar-refractivity contribution in [2.75, 3.05) is 6.54 Å². The maximum atomic E-state index is 14.2. The van der Waals surface area contributed by atoms with Gasteiger partial charge in [-0.25, -0.2) is 4.39 Å². The number of imide groups is 1. The SMILES string of the molecule is CC(C)OC(=O)CN1C(=O)S/C(=C\c2cn(Cc3ccccc3F)c3ccccc23)C1=O. The Morgan fingerprint density at radius 2 is 1.84 bits per heavy atom. The topological polar surface area (TPSA) is 68.6 Å². The van der Waals surface area contributed by atoms with Gasteiger partial charge in [-0.3, -0.25) is 19.3 Å². The van der Waals surface area contributed by atoms with Crippen LogP contribution in [0.3, 0.4) is 0 Å². The number of carbonyl (C=O) groups excluding carboxylic acids is 3. The lowest BCUT2D eigenvalue weighted by molar-refractivity contribution is -0.149. The maximum absolute atomic E-state index is 14.2. The van der Waals surface area contributed by atoms with Crippen molar-refractivity contribution in [2.24, 2.45) is 0 Å². The van der Waals surface area contributed by atoms with Crippen molar-refractivity contribution in [3.8, 4) is 0 Å². The lowest BCUT2D eigenvalue weighted by Crippen LogP contribution is -2.35. The molecule has 2 aromatic carbocycles. The summed E-state index contributed by atoms with van der Waals surface area (Å²) in [5.74, 6) is -1.46. The molecule has 3 aromatic rings. The molecule has 4 rings (SSSR count). The van der Waals surface area contributed by atoms with E-state index in [9.17, 15) is 18.8 Å². The molecular formula is C24H21FN2O4S. The molecule has 1 aromatic heterocycles. The smallest absolute Gasteiger partial charge is 0.326 e. The minimum atomic E-state index is -0.634. The molecule has 0 saturated carbocycles. The largest absolute Gasteiger partial charge is 0.462 e. The average molecular weight is 453 g/mol. The molecule has 0 aliphatic carbocycles. The highest BCUT2D eigenvalue weighted by atomic mass is 32.2. The molecule has 0 N–H and O–H groups in total. The van der Waals surface area contributed by atoms with Crippen LogP contribution in [0.25, 0.3) is 17.0 Å². The zero-order valence-corrected chi connectivity index (χ0v) is 18.4. The summed E-state index contributed by atoms with van der Waals surface area (Å²) in [4.78, 5) is 38.1. The van der Waals surface area contributed by atoms with Crippen LogP contribution in [0.4, 0.5) is 9.18 Å². The number of hydrogen-bond acceptors (Lipinski definition) is 5. The first-order valence-corrected chi connectivity index (χ1v) is 10.9. The van der Waals surface area contributed by atoms with Crippen LogP contribution >= 0.6 is 11.8 Å². The van der Waals surface area contributed by atoms with Crippen LogP contribution in [0.1, 0.15) is 25.0 Å². The standard InChI is InChI=1S/C24H21FN2O4S/c1-15(2)31-22(28)14-27-23(29)21(32-24(27)30)11-17-13-26(20-10-6-4-8-18(17)20)12-16-7-3-5-9-19(16)25/h3-11,13,15H,12,14H2,1-2H3/b21-11-. The Hall–Kier alpha value is -3.39. The molecule has 0 spiro atoms.